The Morgan fingerprint density at radius 1 is 1.42 bits per heavy atom. The average Bonchev–Trinajstić information content (AvgIpc) is 3.10. The monoisotopic (exact) mass is 381 g/mol. The molecule has 1 aromatic heterocycles. The number of halogens is 1. The number of carbonyl (C=O) groups is 1. The number of methoxy groups -OCH3 is 1. The van der Waals surface area contributed by atoms with Gasteiger partial charge in [-0.2, -0.15) is 0 Å². The first-order valence-corrected chi connectivity index (χ1v) is 8.48. The molecule has 0 radical (unpaired) electrons. The highest BCUT2D eigenvalue weighted by molar-refractivity contribution is 6.32. The van der Waals surface area contributed by atoms with Gasteiger partial charge >= 0.3 is 0 Å². The first-order chi connectivity index (χ1) is 12.4. The smallest absolute Gasteiger partial charge is 0.255 e. The molecule has 2 aromatic rings. The van der Waals surface area contributed by atoms with Crippen LogP contribution in [0.2, 0.25) is 5.02 Å². The lowest BCUT2D eigenvalue weighted by Crippen LogP contribution is -2.30. The second-order valence-electron chi connectivity index (χ2n) is 5.99. The van der Waals surface area contributed by atoms with Crippen molar-refractivity contribution in [1.82, 2.24) is 10.2 Å². The van der Waals surface area contributed by atoms with E-state index in [9.17, 15) is 4.79 Å². The molecular weight excluding hydrogens is 358 g/mol. The van der Waals surface area contributed by atoms with Crippen molar-refractivity contribution in [2.45, 2.75) is 12.6 Å². The zero-order valence-electron chi connectivity index (χ0n) is 15.1. The molecule has 142 valence electrons. The van der Waals surface area contributed by atoms with Crippen LogP contribution in [0.25, 0.3) is 0 Å². The highest BCUT2D eigenvalue weighted by Gasteiger charge is 2.17. The van der Waals surface area contributed by atoms with E-state index < -0.39 is 5.91 Å². The van der Waals surface area contributed by atoms with E-state index in [2.05, 4.69) is 10.2 Å². The van der Waals surface area contributed by atoms with Crippen LogP contribution >= 0.6 is 11.6 Å². The molecule has 0 fully saturated rings. The Morgan fingerprint density at radius 3 is 2.77 bits per heavy atom. The lowest BCUT2D eigenvalue weighted by molar-refractivity contribution is -0.119. The molecule has 0 aliphatic heterocycles. The van der Waals surface area contributed by atoms with Gasteiger partial charge in [0.2, 0.25) is 0 Å². The fourth-order valence-corrected chi connectivity index (χ4v) is 2.82. The summed E-state index contributed by atoms with van der Waals surface area (Å²) in [5, 5.41) is 3.75. The maximum absolute atomic E-state index is 10.9. The molecule has 0 bridgehead atoms. The minimum atomic E-state index is -0.582. The van der Waals surface area contributed by atoms with Crippen molar-refractivity contribution in [2.24, 2.45) is 5.73 Å². The number of hydrogen-bond acceptors (Lipinski definition) is 6. The van der Waals surface area contributed by atoms with Gasteiger partial charge in [-0.15, -0.1) is 0 Å². The average molecular weight is 382 g/mol. The lowest BCUT2D eigenvalue weighted by Gasteiger charge is -2.23. The molecule has 2 rings (SSSR count). The number of likely N-dealkylation sites (N-methyl/N-ethyl adjacent to an activating group) is 1. The van der Waals surface area contributed by atoms with Crippen LogP contribution in [0, 0.1) is 0 Å². The van der Waals surface area contributed by atoms with Crippen LogP contribution in [0.4, 0.5) is 0 Å². The number of benzene rings is 1. The quantitative estimate of drug-likeness (QED) is 0.655. The van der Waals surface area contributed by atoms with Crippen molar-refractivity contribution in [3.8, 4) is 11.5 Å². The molecule has 8 heteroatoms. The van der Waals surface area contributed by atoms with Gasteiger partial charge in [0.1, 0.15) is 5.76 Å². The van der Waals surface area contributed by atoms with Crippen LogP contribution < -0.4 is 20.5 Å². The van der Waals surface area contributed by atoms with E-state index in [1.165, 1.54) is 7.11 Å². The fourth-order valence-electron chi connectivity index (χ4n) is 2.53. The van der Waals surface area contributed by atoms with E-state index in [1.807, 2.05) is 32.3 Å². The summed E-state index contributed by atoms with van der Waals surface area (Å²) in [5.41, 5.74) is 6.03. The molecule has 1 aromatic carbocycles. The number of primary amides is 1. The second-order valence-corrected chi connectivity index (χ2v) is 6.40. The predicted molar refractivity (Wildman–Crippen MR) is 99.5 cm³/mol. The molecule has 0 spiro atoms. The van der Waals surface area contributed by atoms with E-state index in [0.717, 1.165) is 11.3 Å². The Morgan fingerprint density at radius 2 is 2.19 bits per heavy atom. The minimum Gasteiger partial charge on any atom is -0.493 e. The second kappa shape index (κ2) is 9.47. The van der Waals surface area contributed by atoms with Gasteiger partial charge in [-0.25, -0.2) is 0 Å². The van der Waals surface area contributed by atoms with Crippen molar-refractivity contribution < 1.29 is 18.7 Å². The Balaban J connectivity index is 2.03. The van der Waals surface area contributed by atoms with Crippen LogP contribution in [0.1, 0.15) is 17.4 Å². The van der Waals surface area contributed by atoms with Crippen LogP contribution in [-0.4, -0.2) is 45.2 Å². The van der Waals surface area contributed by atoms with Gasteiger partial charge in [0.25, 0.3) is 5.91 Å². The molecule has 1 unspecified atom stereocenters. The molecule has 1 heterocycles. The SMILES string of the molecule is COc1cc(CNCC(c2ccco2)N(C)C)cc(Cl)c1OCC(N)=O. The third kappa shape index (κ3) is 5.39. The number of amides is 1. The van der Waals surface area contributed by atoms with E-state index in [4.69, 9.17) is 31.2 Å². The number of nitrogens with one attached hydrogen (secondary N) is 1. The zero-order valence-corrected chi connectivity index (χ0v) is 15.9. The van der Waals surface area contributed by atoms with Crippen LogP contribution in [0.15, 0.2) is 34.9 Å². The summed E-state index contributed by atoms with van der Waals surface area (Å²) in [6.45, 7) is 1.01. The topological polar surface area (TPSA) is 90.0 Å². The van der Waals surface area contributed by atoms with Gasteiger partial charge in [0, 0.05) is 13.1 Å². The summed E-state index contributed by atoms with van der Waals surface area (Å²) < 4.78 is 16.1. The first kappa shape index (κ1) is 20.1. The highest BCUT2D eigenvalue weighted by atomic mass is 35.5. The van der Waals surface area contributed by atoms with Crippen molar-refractivity contribution in [3.63, 3.8) is 0 Å². The van der Waals surface area contributed by atoms with Gasteiger partial charge in [-0.3, -0.25) is 9.69 Å². The first-order valence-electron chi connectivity index (χ1n) is 8.10. The molecule has 3 N–H and O–H groups in total. The van der Waals surface area contributed by atoms with Gasteiger partial charge in [-0.05, 0) is 43.9 Å². The fraction of sp³-hybridized carbons (Fsp3) is 0.389. The van der Waals surface area contributed by atoms with E-state index in [-0.39, 0.29) is 12.6 Å². The highest BCUT2D eigenvalue weighted by Crippen LogP contribution is 2.36. The number of carbonyl (C=O) groups excluding carboxylic acids is 1. The number of nitrogens with zero attached hydrogens (tertiary/aromatic N) is 1. The van der Waals surface area contributed by atoms with Crippen molar-refractivity contribution in [3.05, 3.63) is 46.9 Å². The normalized spacial score (nSPS) is 12.2. The standard InChI is InChI=1S/C18H24ClN3O4/c1-22(2)14(15-5-4-6-25-15)10-21-9-12-7-13(19)18(16(8-12)24-3)26-11-17(20)23/h4-8,14,21H,9-11H2,1-3H3,(H2,20,23). The Kier molecular flexibility index (Phi) is 7.32. The number of ether oxygens (including phenoxy) is 2. The molecular formula is C18H24ClN3O4. The third-order valence-electron chi connectivity index (χ3n) is 3.81. The van der Waals surface area contributed by atoms with Crippen LogP contribution in [0.3, 0.4) is 0 Å². The summed E-state index contributed by atoms with van der Waals surface area (Å²) in [4.78, 5) is 13.0. The molecule has 0 aliphatic rings. The summed E-state index contributed by atoms with van der Waals surface area (Å²) in [7, 11) is 5.51. The van der Waals surface area contributed by atoms with Crippen LogP contribution in [0.5, 0.6) is 11.5 Å². The van der Waals surface area contributed by atoms with Gasteiger partial charge in [0.15, 0.2) is 18.1 Å². The Bertz CT molecular complexity index is 719. The van der Waals surface area contributed by atoms with E-state index >= 15 is 0 Å². The van der Waals surface area contributed by atoms with Gasteiger partial charge in [-0.1, -0.05) is 11.6 Å². The molecule has 0 saturated carbocycles. The van der Waals surface area contributed by atoms with E-state index in [0.29, 0.717) is 29.6 Å². The summed E-state index contributed by atoms with van der Waals surface area (Å²) in [6.07, 6.45) is 1.67. The minimum absolute atomic E-state index is 0.112. The van der Waals surface area contributed by atoms with Gasteiger partial charge in [0.05, 0.1) is 24.4 Å². The van der Waals surface area contributed by atoms with Crippen LogP contribution in [-0.2, 0) is 11.3 Å². The molecule has 26 heavy (non-hydrogen) atoms. The Hall–Kier alpha value is -2.22. The molecule has 1 amide bonds. The molecule has 7 nitrogen and oxygen atoms in total. The molecule has 0 aliphatic carbocycles. The summed E-state index contributed by atoms with van der Waals surface area (Å²) in [6, 6.07) is 7.52. The largest absolute Gasteiger partial charge is 0.493 e. The number of hydrogen-bond donors (Lipinski definition) is 2. The van der Waals surface area contributed by atoms with Crippen molar-refractivity contribution in [2.75, 3.05) is 34.4 Å². The van der Waals surface area contributed by atoms with Crippen molar-refractivity contribution >= 4 is 17.5 Å². The number of nitrogens with two attached hydrogens (primary N) is 1. The molecule has 1 atom stereocenters. The predicted octanol–water partition coefficient (Wildman–Crippen LogP) is 2.20. The number of rotatable bonds is 10. The van der Waals surface area contributed by atoms with Gasteiger partial charge < -0.3 is 24.9 Å². The molecule has 0 saturated heterocycles. The summed E-state index contributed by atoms with van der Waals surface area (Å²) >= 11 is 6.26. The zero-order chi connectivity index (χ0) is 19.1. The van der Waals surface area contributed by atoms with Crippen molar-refractivity contribution in [1.29, 1.82) is 0 Å². The van der Waals surface area contributed by atoms with E-state index in [1.54, 1.807) is 12.3 Å². The lowest BCUT2D eigenvalue weighted by atomic mass is 10.1. The maximum Gasteiger partial charge on any atom is 0.255 e. The maximum atomic E-state index is 10.9. The summed E-state index contributed by atoms with van der Waals surface area (Å²) in [5.74, 6) is 1.07. The third-order valence-corrected chi connectivity index (χ3v) is 4.09. The Labute approximate surface area is 158 Å². The number of furan rings is 1.